The SMILES string of the molecule is CC(=O)N1CCN(C(=O)c2ccc(Nc3c(C)cccc3C(C)C)nn2)CC1. The van der Waals surface area contributed by atoms with Crippen LogP contribution in [0, 0.1) is 6.92 Å². The van der Waals surface area contributed by atoms with E-state index < -0.39 is 0 Å². The van der Waals surface area contributed by atoms with E-state index >= 15 is 0 Å². The van der Waals surface area contributed by atoms with Gasteiger partial charge in [-0.05, 0) is 36.1 Å². The zero-order valence-electron chi connectivity index (χ0n) is 16.9. The third-order valence-electron chi connectivity index (χ3n) is 5.08. The van der Waals surface area contributed by atoms with Crippen LogP contribution in [0.5, 0.6) is 0 Å². The van der Waals surface area contributed by atoms with E-state index in [-0.39, 0.29) is 11.8 Å². The molecule has 0 bridgehead atoms. The van der Waals surface area contributed by atoms with E-state index in [4.69, 9.17) is 0 Å². The number of aryl methyl sites for hydroxylation is 1. The largest absolute Gasteiger partial charge is 0.339 e. The second kappa shape index (κ2) is 8.37. The molecule has 1 saturated heterocycles. The van der Waals surface area contributed by atoms with Crippen molar-refractivity contribution in [2.24, 2.45) is 0 Å². The summed E-state index contributed by atoms with van der Waals surface area (Å²) in [6, 6.07) is 9.69. The van der Waals surface area contributed by atoms with Gasteiger partial charge in [0.05, 0.1) is 0 Å². The van der Waals surface area contributed by atoms with Gasteiger partial charge in [0.2, 0.25) is 5.91 Å². The maximum atomic E-state index is 12.6. The van der Waals surface area contributed by atoms with Crippen LogP contribution in [0.1, 0.15) is 48.3 Å². The first kappa shape index (κ1) is 19.8. The maximum absolute atomic E-state index is 12.6. The standard InChI is InChI=1S/C21H27N5O2/c1-14(2)17-7-5-6-15(3)20(17)22-19-9-8-18(23-24-19)21(28)26-12-10-25(11-13-26)16(4)27/h5-9,14H,10-13H2,1-4H3,(H,22,24). The number of hydrogen-bond acceptors (Lipinski definition) is 5. The molecule has 1 aromatic heterocycles. The van der Waals surface area contributed by atoms with Gasteiger partial charge < -0.3 is 15.1 Å². The van der Waals surface area contributed by atoms with E-state index in [0.717, 1.165) is 11.3 Å². The Morgan fingerprint density at radius 3 is 2.25 bits per heavy atom. The Hall–Kier alpha value is -2.96. The topological polar surface area (TPSA) is 78.4 Å². The molecular weight excluding hydrogens is 354 g/mol. The molecule has 1 N–H and O–H groups in total. The molecule has 0 atom stereocenters. The average Bonchev–Trinajstić information content (AvgIpc) is 2.69. The minimum atomic E-state index is -0.152. The molecule has 1 fully saturated rings. The molecule has 1 aromatic carbocycles. The van der Waals surface area contributed by atoms with Crippen molar-refractivity contribution in [1.29, 1.82) is 0 Å². The second-order valence-electron chi connectivity index (χ2n) is 7.42. The fraction of sp³-hybridized carbons (Fsp3) is 0.429. The smallest absolute Gasteiger partial charge is 0.274 e. The van der Waals surface area contributed by atoms with Crippen LogP contribution in [0.3, 0.4) is 0 Å². The number of carbonyl (C=O) groups is 2. The number of aromatic nitrogens is 2. The van der Waals surface area contributed by atoms with E-state index in [1.165, 1.54) is 5.56 Å². The maximum Gasteiger partial charge on any atom is 0.274 e. The first-order valence-corrected chi connectivity index (χ1v) is 9.62. The molecule has 7 heteroatoms. The van der Waals surface area contributed by atoms with Crippen LogP contribution in [0.2, 0.25) is 0 Å². The second-order valence-corrected chi connectivity index (χ2v) is 7.42. The van der Waals surface area contributed by atoms with E-state index in [1.807, 2.05) is 0 Å². The normalized spacial score (nSPS) is 14.3. The third-order valence-corrected chi connectivity index (χ3v) is 5.08. The highest BCUT2D eigenvalue weighted by Gasteiger charge is 2.24. The highest BCUT2D eigenvalue weighted by Crippen LogP contribution is 2.29. The molecule has 0 aliphatic carbocycles. The first-order valence-electron chi connectivity index (χ1n) is 9.62. The lowest BCUT2D eigenvalue weighted by molar-refractivity contribution is -0.130. The minimum Gasteiger partial charge on any atom is -0.339 e. The Balaban J connectivity index is 1.69. The van der Waals surface area contributed by atoms with Crippen molar-refractivity contribution in [3.8, 4) is 0 Å². The van der Waals surface area contributed by atoms with Crippen molar-refractivity contribution in [2.75, 3.05) is 31.5 Å². The molecule has 1 aliphatic rings. The lowest BCUT2D eigenvalue weighted by Crippen LogP contribution is -2.50. The van der Waals surface area contributed by atoms with Gasteiger partial charge in [0.15, 0.2) is 11.5 Å². The summed E-state index contributed by atoms with van der Waals surface area (Å²) in [5.41, 5.74) is 3.70. The Labute approximate surface area is 165 Å². The molecule has 0 unspecified atom stereocenters. The minimum absolute atomic E-state index is 0.0410. The van der Waals surface area contributed by atoms with Gasteiger partial charge in [-0.15, -0.1) is 10.2 Å². The molecule has 0 radical (unpaired) electrons. The van der Waals surface area contributed by atoms with Gasteiger partial charge in [-0.1, -0.05) is 32.0 Å². The number of anilines is 2. The van der Waals surface area contributed by atoms with Crippen LogP contribution in [-0.2, 0) is 4.79 Å². The highest BCUT2D eigenvalue weighted by atomic mass is 16.2. The molecular formula is C21H27N5O2. The number of rotatable bonds is 4. The predicted molar refractivity (Wildman–Crippen MR) is 109 cm³/mol. The molecule has 1 aliphatic heterocycles. The Kier molecular flexibility index (Phi) is 5.92. The van der Waals surface area contributed by atoms with Gasteiger partial charge in [0.25, 0.3) is 5.91 Å². The fourth-order valence-electron chi connectivity index (χ4n) is 3.37. The summed E-state index contributed by atoms with van der Waals surface area (Å²) in [6.45, 7) is 10.0. The zero-order chi connectivity index (χ0) is 20.3. The zero-order valence-corrected chi connectivity index (χ0v) is 16.9. The number of carbonyl (C=O) groups excluding carboxylic acids is 2. The summed E-state index contributed by atoms with van der Waals surface area (Å²) in [5, 5.41) is 11.7. The first-order chi connectivity index (χ1) is 13.4. The van der Waals surface area contributed by atoms with Crippen LogP contribution < -0.4 is 5.32 Å². The van der Waals surface area contributed by atoms with Crippen molar-refractivity contribution in [3.63, 3.8) is 0 Å². The summed E-state index contributed by atoms with van der Waals surface area (Å²) in [4.78, 5) is 27.5. The van der Waals surface area contributed by atoms with Crippen LogP contribution in [0.4, 0.5) is 11.5 Å². The lowest BCUT2D eigenvalue weighted by atomic mass is 9.98. The third kappa shape index (κ3) is 4.30. The molecule has 148 valence electrons. The molecule has 0 saturated carbocycles. The van der Waals surface area contributed by atoms with Gasteiger partial charge in [-0.3, -0.25) is 9.59 Å². The van der Waals surface area contributed by atoms with Crippen molar-refractivity contribution in [3.05, 3.63) is 47.2 Å². The van der Waals surface area contributed by atoms with E-state index in [2.05, 4.69) is 54.5 Å². The van der Waals surface area contributed by atoms with Crippen LogP contribution >= 0.6 is 0 Å². The molecule has 7 nitrogen and oxygen atoms in total. The number of amides is 2. The summed E-state index contributed by atoms with van der Waals surface area (Å²) < 4.78 is 0. The number of benzene rings is 1. The van der Waals surface area contributed by atoms with E-state index in [1.54, 1.807) is 28.9 Å². The number of nitrogens with zero attached hydrogens (tertiary/aromatic N) is 4. The van der Waals surface area contributed by atoms with Gasteiger partial charge in [0.1, 0.15) is 0 Å². The molecule has 2 aromatic rings. The molecule has 2 heterocycles. The molecule has 3 rings (SSSR count). The van der Waals surface area contributed by atoms with Crippen LogP contribution in [0.25, 0.3) is 0 Å². The van der Waals surface area contributed by atoms with E-state index in [9.17, 15) is 9.59 Å². The van der Waals surface area contributed by atoms with Crippen molar-refractivity contribution in [1.82, 2.24) is 20.0 Å². The van der Waals surface area contributed by atoms with E-state index in [0.29, 0.717) is 43.6 Å². The van der Waals surface area contributed by atoms with Gasteiger partial charge in [-0.25, -0.2) is 0 Å². The summed E-state index contributed by atoms with van der Waals surface area (Å²) in [6.07, 6.45) is 0. The van der Waals surface area contributed by atoms with Crippen molar-refractivity contribution < 1.29 is 9.59 Å². The summed E-state index contributed by atoms with van der Waals surface area (Å²) in [5.74, 6) is 0.874. The fourth-order valence-corrected chi connectivity index (χ4v) is 3.37. The quantitative estimate of drug-likeness (QED) is 0.881. The summed E-state index contributed by atoms with van der Waals surface area (Å²) >= 11 is 0. The molecule has 0 spiro atoms. The molecule has 28 heavy (non-hydrogen) atoms. The number of piperazine rings is 1. The van der Waals surface area contributed by atoms with Crippen molar-refractivity contribution in [2.45, 2.75) is 33.6 Å². The Morgan fingerprint density at radius 2 is 1.68 bits per heavy atom. The van der Waals surface area contributed by atoms with Crippen LogP contribution in [-0.4, -0.2) is 58.0 Å². The Morgan fingerprint density at radius 1 is 1.00 bits per heavy atom. The number of para-hydroxylation sites is 1. The van der Waals surface area contributed by atoms with Gasteiger partial charge in [0, 0.05) is 38.8 Å². The monoisotopic (exact) mass is 381 g/mol. The molecule has 2 amide bonds. The average molecular weight is 381 g/mol. The van der Waals surface area contributed by atoms with Gasteiger partial charge in [-0.2, -0.15) is 0 Å². The lowest BCUT2D eigenvalue weighted by Gasteiger charge is -2.33. The number of hydrogen-bond donors (Lipinski definition) is 1. The van der Waals surface area contributed by atoms with Crippen molar-refractivity contribution >= 4 is 23.3 Å². The number of nitrogens with one attached hydrogen (secondary N) is 1. The summed E-state index contributed by atoms with van der Waals surface area (Å²) in [7, 11) is 0. The van der Waals surface area contributed by atoms with Crippen LogP contribution in [0.15, 0.2) is 30.3 Å². The highest BCUT2D eigenvalue weighted by molar-refractivity contribution is 5.92. The predicted octanol–water partition coefficient (Wildman–Crippen LogP) is 2.96. The Bertz CT molecular complexity index is 856. The van der Waals surface area contributed by atoms with Gasteiger partial charge >= 0.3 is 0 Å².